The van der Waals surface area contributed by atoms with E-state index in [9.17, 15) is 9.59 Å². The topological polar surface area (TPSA) is 65.1 Å². The Bertz CT molecular complexity index is 956. The van der Waals surface area contributed by atoms with Crippen LogP contribution in [0.25, 0.3) is 0 Å². The van der Waals surface area contributed by atoms with Gasteiger partial charge in [0, 0.05) is 44.5 Å². The number of carbonyl (C=O) groups excluding carboxylic acids is 2. The van der Waals surface area contributed by atoms with Gasteiger partial charge in [-0.3, -0.25) is 19.4 Å². The van der Waals surface area contributed by atoms with Crippen LogP contribution < -0.4 is 19.9 Å². The number of rotatable bonds is 7. The lowest BCUT2D eigenvalue weighted by Gasteiger charge is -2.36. The van der Waals surface area contributed by atoms with Crippen molar-refractivity contribution in [3.8, 4) is 5.75 Å². The van der Waals surface area contributed by atoms with E-state index in [1.165, 1.54) is 16.2 Å². The highest BCUT2D eigenvalue weighted by molar-refractivity contribution is 6.02. The second-order valence-electron chi connectivity index (χ2n) is 8.66. The van der Waals surface area contributed by atoms with E-state index in [0.29, 0.717) is 11.4 Å². The van der Waals surface area contributed by atoms with Gasteiger partial charge in [0.25, 0.3) is 5.91 Å². The molecule has 0 aliphatic carbocycles. The highest BCUT2D eigenvalue weighted by Crippen LogP contribution is 2.31. The van der Waals surface area contributed by atoms with Crippen LogP contribution in [0, 0.1) is 6.92 Å². The SMILES string of the molecule is Cc1cccc(N2CCN(CCC(C)NC(=O)CN3C(=O)COc4ccccc43)CC2)c1. The molecule has 32 heavy (non-hydrogen) atoms. The predicted octanol–water partition coefficient (Wildman–Crippen LogP) is 2.44. The van der Waals surface area contributed by atoms with Crippen molar-refractivity contribution in [3.05, 3.63) is 54.1 Å². The number of ether oxygens (including phenoxy) is 1. The molecule has 2 aromatic rings. The molecule has 170 valence electrons. The quantitative estimate of drug-likeness (QED) is 0.722. The second-order valence-corrected chi connectivity index (χ2v) is 8.66. The lowest BCUT2D eigenvalue weighted by molar-refractivity contribution is -0.125. The maximum absolute atomic E-state index is 12.6. The summed E-state index contributed by atoms with van der Waals surface area (Å²) in [7, 11) is 0. The minimum absolute atomic E-state index is 0.0126. The first-order valence-electron chi connectivity index (χ1n) is 11.3. The summed E-state index contributed by atoms with van der Waals surface area (Å²) in [5.41, 5.74) is 3.24. The van der Waals surface area contributed by atoms with E-state index in [4.69, 9.17) is 4.74 Å². The van der Waals surface area contributed by atoms with Gasteiger partial charge in [-0.15, -0.1) is 0 Å². The number of nitrogens with one attached hydrogen (secondary N) is 1. The van der Waals surface area contributed by atoms with Crippen molar-refractivity contribution in [1.82, 2.24) is 10.2 Å². The number of para-hydroxylation sites is 2. The third-order valence-electron chi connectivity index (χ3n) is 6.13. The molecular formula is C25H32N4O3. The van der Waals surface area contributed by atoms with Gasteiger partial charge < -0.3 is 15.0 Å². The molecule has 1 atom stereocenters. The van der Waals surface area contributed by atoms with Gasteiger partial charge in [-0.25, -0.2) is 0 Å². The van der Waals surface area contributed by atoms with Crippen LogP contribution in [0.3, 0.4) is 0 Å². The van der Waals surface area contributed by atoms with Crippen molar-refractivity contribution in [2.24, 2.45) is 0 Å². The first-order chi connectivity index (χ1) is 15.5. The Morgan fingerprint density at radius 3 is 2.66 bits per heavy atom. The summed E-state index contributed by atoms with van der Waals surface area (Å²) in [4.78, 5) is 31.3. The molecule has 1 fully saturated rings. The van der Waals surface area contributed by atoms with E-state index in [-0.39, 0.29) is 31.0 Å². The van der Waals surface area contributed by atoms with E-state index in [1.54, 1.807) is 6.07 Å². The molecule has 1 N–H and O–H groups in total. The van der Waals surface area contributed by atoms with Crippen molar-refractivity contribution in [2.75, 3.05) is 55.7 Å². The standard InChI is InChI=1S/C25H32N4O3/c1-19-6-5-7-21(16-19)28-14-12-27(13-15-28)11-10-20(2)26-24(30)17-29-22-8-3-4-9-23(22)32-18-25(29)31/h3-9,16,20H,10-15,17-18H2,1-2H3,(H,26,30). The minimum Gasteiger partial charge on any atom is -0.482 e. The first kappa shape index (κ1) is 22.1. The van der Waals surface area contributed by atoms with Gasteiger partial charge in [-0.05, 0) is 50.1 Å². The van der Waals surface area contributed by atoms with Gasteiger partial charge in [0.15, 0.2) is 6.61 Å². The Hall–Kier alpha value is -3.06. The lowest BCUT2D eigenvalue weighted by atomic mass is 10.1. The number of benzene rings is 2. The number of hydrogen-bond acceptors (Lipinski definition) is 5. The summed E-state index contributed by atoms with van der Waals surface area (Å²) < 4.78 is 5.44. The van der Waals surface area contributed by atoms with Crippen LogP contribution in [0.15, 0.2) is 48.5 Å². The maximum Gasteiger partial charge on any atom is 0.265 e. The molecule has 0 radical (unpaired) electrons. The summed E-state index contributed by atoms with van der Waals surface area (Å²) in [6.07, 6.45) is 0.879. The first-order valence-corrected chi connectivity index (χ1v) is 11.3. The zero-order valence-electron chi connectivity index (χ0n) is 18.9. The average molecular weight is 437 g/mol. The molecule has 2 aliphatic heterocycles. The van der Waals surface area contributed by atoms with Gasteiger partial charge in [0.1, 0.15) is 12.3 Å². The number of aryl methyl sites for hydroxylation is 1. The van der Waals surface area contributed by atoms with Crippen molar-refractivity contribution in [1.29, 1.82) is 0 Å². The molecule has 2 aliphatic rings. The lowest BCUT2D eigenvalue weighted by Crippen LogP contribution is -2.49. The number of nitrogens with zero attached hydrogens (tertiary/aromatic N) is 3. The summed E-state index contributed by atoms with van der Waals surface area (Å²) in [6, 6.07) is 16.0. The third-order valence-corrected chi connectivity index (χ3v) is 6.13. The fourth-order valence-electron chi connectivity index (χ4n) is 4.29. The van der Waals surface area contributed by atoms with Crippen LogP contribution in [0.1, 0.15) is 18.9 Å². The monoisotopic (exact) mass is 436 g/mol. The second kappa shape index (κ2) is 10.0. The van der Waals surface area contributed by atoms with Crippen molar-refractivity contribution in [3.63, 3.8) is 0 Å². The van der Waals surface area contributed by atoms with Crippen LogP contribution in [-0.2, 0) is 9.59 Å². The summed E-state index contributed by atoms with van der Waals surface area (Å²) >= 11 is 0. The molecule has 1 unspecified atom stereocenters. The van der Waals surface area contributed by atoms with E-state index >= 15 is 0 Å². The third kappa shape index (κ3) is 5.40. The molecular weight excluding hydrogens is 404 g/mol. The number of amides is 2. The highest BCUT2D eigenvalue weighted by atomic mass is 16.5. The molecule has 7 nitrogen and oxygen atoms in total. The molecule has 0 bridgehead atoms. The highest BCUT2D eigenvalue weighted by Gasteiger charge is 2.27. The zero-order valence-corrected chi connectivity index (χ0v) is 18.9. The van der Waals surface area contributed by atoms with E-state index in [0.717, 1.165) is 39.1 Å². The zero-order chi connectivity index (χ0) is 22.5. The summed E-state index contributed by atoms with van der Waals surface area (Å²) in [5, 5.41) is 3.05. The van der Waals surface area contributed by atoms with E-state index in [2.05, 4.69) is 46.3 Å². The normalized spacial score (nSPS) is 17.5. The molecule has 0 saturated carbocycles. The van der Waals surface area contributed by atoms with Gasteiger partial charge in [0.05, 0.1) is 5.69 Å². The van der Waals surface area contributed by atoms with E-state index < -0.39 is 0 Å². The molecule has 1 saturated heterocycles. The van der Waals surface area contributed by atoms with Crippen LogP contribution >= 0.6 is 0 Å². The van der Waals surface area contributed by atoms with E-state index in [1.807, 2.05) is 25.1 Å². The number of piperazine rings is 1. The fraction of sp³-hybridized carbons (Fsp3) is 0.440. The summed E-state index contributed by atoms with van der Waals surface area (Å²) in [6.45, 7) is 9.15. The summed E-state index contributed by atoms with van der Waals surface area (Å²) in [5.74, 6) is 0.294. The van der Waals surface area contributed by atoms with Crippen LogP contribution in [0.4, 0.5) is 11.4 Å². The smallest absolute Gasteiger partial charge is 0.265 e. The molecule has 7 heteroatoms. The Morgan fingerprint density at radius 2 is 1.88 bits per heavy atom. The van der Waals surface area contributed by atoms with Gasteiger partial charge >= 0.3 is 0 Å². The molecule has 2 heterocycles. The molecule has 4 rings (SSSR count). The number of carbonyl (C=O) groups is 2. The predicted molar refractivity (Wildman–Crippen MR) is 126 cm³/mol. The molecule has 0 spiro atoms. The van der Waals surface area contributed by atoms with Crippen LogP contribution in [0.5, 0.6) is 5.75 Å². The maximum atomic E-state index is 12.6. The number of fused-ring (bicyclic) bond motifs is 1. The number of anilines is 2. The molecule has 0 aromatic heterocycles. The number of hydrogen-bond donors (Lipinski definition) is 1. The Kier molecular flexibility index (Phi) is 6.95. The van der Waals surface area contributed by atoms with Gasteiger partial charge in [-0.1, -0.05) is 24.3 Å². The molecule has 2 amide bonds. The van der Waals surface area contributed by atoms with Gasteiger partial charge in [0.2, 0.25) is 5.91 Å². The Labute approximate surface area is 189 Å². The van der Waals surface area contributed by atoms with Crippen molar-refractivity contribution in [2.45, 2.75) is 26.3 Å². The largest absolute Gasteiger partial charge is 0.482 e. The van der Waals surface area contributed by atoms with Crippen LogP contribution in [0.2, 0.25) is 0 Å². The fourth-order valence-corrected chi connectivity index (χ4v) is 4.29. The Balaban J connectivity index is 1.21. The Morgan fingerprint density at radius 1 is 1.09 bits per heavy atom. The molecule has 2 aromatic carbocycles. The van der Waals surface area contributed by atoms with Gasteiger partial charge in [-0.2, -0.15) is 0 Å². The van der Waals surface area contributed by atoms with Crippen molar-refractivity contribution < 1.29 is 14.3 Å². The van der Waals surface area contributed by atoms with Crippen molar-refractivity contribution >= 4 is 23.2 Å². The minimum atomic E-state index is -0.196. The van der Waals surface area contributed by atoms with Crippen LogP contribution in [-0.4, -0.2) is 68.6 Å². The average Bonchev–Trinajstić information content (AvgIpc) is 2.80.